The van der Waals surface area contributed by atoms with E-state index in [-0.39, 0.29) is 6.61 Å². The Kier molecular flexibility index (Phi) is 4.96. The molecular weight excluding hydrogens is 344 g/mol. The van der Waals surface area contributed by atoms with Crippen LogP contribution in [0, 0.1) is 13.8 Å². The van der Waals surface area contributed by atoms with Crippen molar-refractivity contribution in [3.8, 4) is 11.6 Å². The van der Waals surface area contributed by atoms with E-state index in [0.717, 1.165) is 15.6 Å². The molecule has 20 heavy (non-hydrogen) atoms. The third kappa shape index (κ3) is 3.69. The normalized spacial score (nSPS) is 10.7. The average Bonchev–Trinajstić information content (AvgIpc) is 2.35. The second kappa shape index (κ2) is 6.52. The summed E-state index contributed by atoms with van der Waals surface area (Å²) in [5, 5.41) is 0.326. The molecule has 0 aliphatic carbocycles. The fourth-order valence-electron chi connectivity index (χ4n) is 1.77. The number of benzene rings is 1. The van der Waals surface area contributed by atoms with E-state index in [4.69, 9.17) is 21.1 Å². The number of aromatic nitrogens is 2. The van der Waals surface area contributed by atoms with E-state index in [1.807, 2.05) is 26.0 Å². The molecule has 0 amide bonds. The predicted molar refractivity (Wildman–Crippen MR) is 81.4 cm³/mol. The Morgan fingerprint density at radius 1 is 1.15 bits per heavy atom. The van der Waals surface area contributed by atoms with E-state index in [0.29, 0.717) is 22.6 Å². The molecule has 0 unspecified atom stereocenters. The molecule has 4 nitrogen and oxygen atoms in total. The zero-order valence-electron chi connectivity index (χ0n) is 11.4. The summed E-state index contributed by atoms with van der Waals surface area (Å²) in [5.41, 5.74) is 2.19. The standard InChI is InChI=1S/C14H14BrClN2O2/c1-8-4-10(5-9(2)14(8)15)20-13-6-11(16)17-12(18-13)7-19-3/h4-6H,7H2,1-3H3. The molecule has 0 saturated carbocycles. The Hall–Kier alpha value is -1.17. The van der Waals surface area contributed by atoms with Crippen LogP contribution in [0.4, 0.5) is 0 Å². The van der Waals surface area contributed by atoms with Crippen LogP contribution < -0.4 is 4.74 Å². The number of aryl methyl sites for hydroxylation is 2. The maximum atomic E-state index is 5.95. The first-order valence-electron chi connectivity index (χ1n) is 5.96. The minimum atomic E-state index is 0.287. The van der Waals surface area contributed by atoms with Crippen molar-refractivity contribution in [2.75, 3.05) is 7.11 Å². The van der Waals surface area contributed by atoms with Crippen molar-refractivity contribution in [1.82, 2.24) is 9.97 Å². The lowest BCUT2D eigenvalue weighted by Crippen LogP contribution is -1.99. The summed E-state index contributed by atoms with van der Waals surface area (Å²) in [6.45, 7) is 4.30. The molecule has 0 bridgehead atoms. The molecule has 0 N–H and O–H groups in total. The average molecular weight is 358 g/mol. The Morgan fingerprint density at radius 3 is 2.40 bits per heavy atom. The molecule has 0 aliphatic heterocycles. The first-order valence-corrected chi connectivity index (χ1v) is 7.13. The Labute approximate surface area is 131 Å². The monoisotopic (exact) mass is 356 g/mol. The van der Waals surface area contributed by atoms with Gasteiger partial charge in [0.25, 0.3) is 0 Å². The molecule has 1 aromatic carbocycles. The number of nitrogens with zero attached hydrogens (tertiary/aromatic N) is 2. The second-order valence-electron chi connectivity index (χ2n) is 4.35. The Morgan fingerprint density at radius 2 is 1.80 bits per heavy atom. The van der Waals surface area contributed by atoms with E-state index >= 15 is 0 Å². The highest BCUT2D eigenvalue weighted by Gasteiger charge is 2.08. The molecule has 0 saturated heterocycles. The molecule has 1 heterocycles. The van der Waals surface area contributed by atoms with Gasteiger partial charge in [-0.3, -0.25) is 0 Å². The van der Waals surface area contributed by atoms with Gasteiger partial charge >= 0.3 is 0 Å². The van der Waals surface area contributed by atoms with Gasteiger partial charge in [0.1, 0.15) is 17.5 Å². The summed E-state index contributed by atoms with van der Waals surface area (Å²) < 4.78 is 11.8. The van der Waals surface area contributed by atoms with Crippen LogP contribution in [-0.2, 0) is 11.3 Å². The zero-order chi connectivity index (χ0) is 14.7. The zero-order valence-corrected chi connectivity index (χ0v) is 13.7. The number of ether oxygens (including phenoxy) is 2. The second-order valence-corrected chi connectivity index (χ2v) is 5.53. The van der Waals surface area contributed by atoms with Crippen LogP contribution in [0.1, 0.15) is 17.0 Å². The Bertz CT molecular complexity index is 612. The SMILES string of the molecule is COCc1nc(Cl)cc(Oc2cc(C)c(Br)c(C)c2)n1. The van der Waals surface area contributed by atoms with Crippen LogP contribution in [0.15, 0.2) is 22.7 Å². The summed E-state index contributed by atoms with van der Waals surface area (Å²) >= 11 is 9.47. The summed E-state index contributed by atoms with van der Waals surface area (Å²) in [6, 6.07) is 5.44. The first-order chi connectivity index (χ1) is 9.49. The molecule has 0 aliphatic rings. The van der Waals surface area contributed by atoms with Crippen molar-refractivity contribution in [3.63, 3.8) is 0 Å². The molecule has 1 aromatic heterocycles. The number of hydrogen-bond donors (Lipinski definition) is 0. The summed E-state index contributed by atoms with van der Waals surface area (Å²) in [6.07, 6.45) is 0. The summed E-state index contributed by atoms with van der Waals surface area (Å²) in [7, 11) is 1.58. The van der Waals surface area contributed by atoms with Crippen LogP contribution in [0.3, 0.4) is 0 Å². The third-order valence-corrected chi connectivity index (χ3v) is 4.07. The fraction of sp³-hybridized carbons (Fsp3) is 0.286. The molecule has 2 rings (SSSR count). The smallest absolute Gasteiger partial charge is 0.224 e. The van der Waals surface area contributed by atoms with Crippen molar-refractivity contribution in [3.05, 3.63) is 44.8 Å². The van der Waals surface area contributed by atoms with Gasteiger partial charge in [0.2, 0.25) is 5.88 Å². The number of halogens is 2. The molecule has 106 valence electrons. The number of methoxy groups -OCH3 is 1. The molecule has 6 heteroatoms. The van der Waals surface area contributed by atoms with E-state index in [9.17, 15) is 0 Å². The molecule has 0 fully saturated rings. The lowest BCUT2D eigenvalue weighted by Gasteiger charge is -2.10. The predicted octanol–water partition coefficient (Wildman–Crippen LogP) is 4.45. The van der Waals surface area contributed by atoms with Gasteiger partial charge in [-0.1, -0.05) is 27.5 Å². The van der Waals surface area contributed by atoms with Gasteiger partial charge in [0.05, 0.1) is 0 Å². The minimum absolute atomic E-state index is 0.287. The third-order valence-electron chi connectivity index (χ3n) is 2.62. The molecule has 0 atom stereocenters. The van der Waals surface area contributed by atoms with E-state index in [1.54, 1.807) is 13.2 Å². The number of rotatable bonds is 4. The van der Waals surface area contributed by atoms with E-state index in [1.165, 1.54) is 0 Å². The quantitative estimate of drug-likeness (QED) is 0.758. The van der Waals surface area contributed by atoms with Gasteiger partial charge in [-0.25, -0.2) is 4.98 Å². The highest BCUT2D eigenvalue weighted by molar-refractivity contribution is 9.10. The van der Waals surface area contributed by atoms with Gasteiger partial charge in [-0.05, 0) is 37.1 Å². The van der Waals surface area contributed by atoms with Crippen LogP contribution in [0.25, 0.3) is 0 Å². The maximum Gasteiger partial charge on any atom is 0.224 e. The maximum absolute atomic E-state index is 5.95. The van der Waals surface area contributed by atoms with Crippen molar-refractivity contribution in [1.29, 1.82) is 0 Å². The topological polar surface area (TPSA) is 44.2 Å². The van der Waals surface area contributed by atoms with Crippen LogP contribution in [0.5, 0.6) is 11.6 Å². The largest absolute Gasteiger partial charge is 0.439 e. The van der Waals surface area contributed by atoms with Crippen LogP contribution >= 0.6 is 27.5 Å². The minimum Gasteiger partial charge on any atom is -0.439 e. The van der Waals surface area contributed by atoms with Gasteiger partial charge in [-0.2, -0.15) is 4.98 Å². The van der Waals surface area contributed by atoms with E-state index in [2.05, 4.69) is 25.9 Å². The molecule has 0 spiro atoms. The molecule has 0 radical (unpaired) electrons. The van der Waals surface area contributed by atoms with Crippen molar-refractivity contribution < 1.29 is 9.47 Å². The fourth-order valence-corrected chi connectivity index (χ4v) is 2.19. The van der Waals surface area contributed by atoms with Gasteiger partial charge < -0.3 is 9.47 Å². The van der Waals surface area contributed by atoms with Gasteiger partial charge in [0, 0.05) is 17.6 Å². The van der Waals surface area contributed by atoms with Crippen LogP contribution in [-0.4, -0.2) is 17.1 Å². The highest BCUT2D eigenvalue weighted by Crippen LogP contribution is 2.29. The van der Waals surface area contributed by atoms with Crippen molar-refractivity contribution >= 4 is 27.5 Å². The van der Waals surface area contributed by atoms with Gasteiger partial charge in [0.15, 0.2) is 5.82 Å². The molecule has 2 aromatic rings. The highest BCUT2D eigenvalue weighted by atomic mass is 79.9. The lowest BCUT2D eigenvalue weighted by atomic mass is 10.1. The summed E-state index contributed by atoms with van der Waals surface area (Å²) in [4.78, 5) is 8.30. The van der Waals surface area contributed by atoms with Gasteiger partial charge in [-0.15, -0.1) is 0 Å². The van der Waals surface area contributed by atoms with E-state index < -0.39 is 0 Å². The first kappa shape index (κ1) is 15.2. The van der Waals surface area contributed by atoms with Crippen LogP contribution in [0.2, 0.25) is 5.15 Å². The Balaban J connectivity index is 2.30. The van der Waals surface area contributed by atoms with Crippen molar-refractivity contribution in [2.24, 2.45) is 0 Å². The molecular formula is C14H14BrClN2O2. The lowest BCUT2D eigenvalue weighted by molar-refractivity contribution is 0.177. The van der Waals surface area contributed by atoms with Crippen molar-refractivity contribution in [2.45, 2.75) is 20.5 Å². The summed E-state index contributed by atoms with van der Waals surface area (Å²) in [5.74, 6) is 1.60. The number of hydrogen-bond acceptors (Lipinski definition) is 4.